The van der Waals surface area contributed by atoms with Crippen LogP contribution in [-0.2, 0) is 6.54 Å². The summed E-state index contributed by atoms with van der Waals surface area (Å²) in [6, 6.07) is 17.6. The van der Waals surface area contributed by atoms with Crippen molar-refractivity contribution < 1.29 is 24.2 Å². The first-order valence-electron chi connectivity index (χ1n) is 12.0. The Balaban J connectivity index is 1.68. The molecule has 3 rings (SSSR count). The van der Waals surface area contributed by atoms with E-state index in [9.17, 15) is 24.2 Å². The van der Waals surface area contributed by atoms with E-state index in [0.717, 1.165) is 5.56 Å². The number of hydrazone groups is 1. The maximum atomic E-state index is 13.3. The molecule has 3 aromatic carbocycles. The van der Waals surface area contributed by atoms with Gasteiger partial charge in [-0.3, -0.25) is 14.5 Å². The fourth-order valence-electron chi connectivity index (χ4n) is 3.79. The highest BCUT2D eigenvalue weighted by Crippen LogP contribution is 2.22. The molecule has 0 spiro atoms. The number of carbonyl (C=O) groups excluding carboxylic acids is 2. The predicted octanol–water partition coefficient (Wildman–Crippen LogP) is 4.17. The molecule has 4 N–H and O–H groups in total. The minimum Gasteiger partial charge on any atom is -0.392 e. The molecule has 200 valence electrons. The first-order chi connectivity index (χ1) is 18.1. The van der Waals surface area contributed by atoms with Crippen LogP contribution in [0, 0.1) is 5.82 Å². The van der Waals surface area contributed by atoms with Crippen LogP contribution in [0.3, 0.4) is 0 Å². The summed E-state index contributed by atoms with van der Waals surface area (Å²) in [6.45, 7) is 4.71. The molecule has 0 aliphatic heterocycles. The van der Waals surface area contributed by atoms with Crippen LogP contribution in [0.4, 0.5) is 10.1 Å². The fourth-order valence-corrected chi connectivity index (χ4v) is 4.15. The van der Waals surface area contributed by atoms with Gasteiger partial charge in [-0.2, -0.15) is 5.10 Å². The summed E-state index contributed by atoms with van der Waals surface area (Å²) in [4.78, 5) is 27.7. The van der Waals surface area contributed by atoms with Gasteiger partial charge in [0.1, 0.15) is 5.82 Å². The summed E-state index contributed by atoms with van der Waals surface area (Å²) in [6.07, 6.45) is 0.244. The Morgan fingerprint density at radius 2 is 1.68 bits per heavy atom. The second-order valence-electron chi connectivity index (χ2n) is 8.99. The molecule has 0 aliphatic rings. The van der Waals surface area contributed by atoms with E-state index in [2.05, 4.69) is 31.8 Å². The molecule has 0 radical (unpaired) electrons. The van der Waals surface area contributed by atoms with Crippen molar-refractivity contribution in [2.75, 3.05) is 18.4 Å². The highest BCUT2D eigenvalue weighted by molar-refractivity contribution is 9.10. The molecule has 8 nitrogen and oxygen atoms in total. The molecule has 0 aliphatic carbocycles. The third kappa shape index (κ3) is 9.14. The number of halogens is 2. The van der Waals surface area contributed by atoms with Crippen LogP contribution in [0.25, 0.3) is 0 Å². The quantitative estimate of drug-likeness (QED) is 0.199. The van der Waals surface area contributed by atoms with Gasteiger partial charge >= 0.3 is 0 Å². The first-order valence-corrected chi connectivity index (χ1v) is 12.8. The Morgan fingerprint density at radius 3 is 2.32 bits per heavy atom. The number of nitrogens with zero attached hydrogens (tertiary/aromatic N) is 2. The van der Waals surface area contributed by atoms with Crippen molar-refractivity contribution in [2.45, 2.75) is 32.6 Å². The van der Waals surface area contributed by atoms with Gasteiger partial charge in [-0.1, -0.05) is 40.2 Å². The van der Waals surface area contributed by atoms with E-state index in [-0.39, 0.29) is 5.56 Å². The molecule has 0 bridgehead atoms. The minimum atomic E-state index is -0.555. The van der Waals surface area contributed by atoms with Gasteiger partial charge in [0.25, 0.3) is 11.8 Å². The van der Waals surface area contributed by atoms with Crippen molar-refractivity contribution in [3.8, 4) is 0 Å². The summed E-state index contributed by atoms with van der Waals surface area (Å²) in [5, 5.41) is 26.1. The summed E-state index contributed by atoms with van der Waals surface area (Å²) in [5.74, 6) is -1.37. The minimum absolute atomic E-state index is 0.188. The van der Waals surface area contributed by atoms with Crippen LogP contribution >= 0.6 is 15.9 Å². The van der Waals surface area contributed by atoms with Gasteiger partial charge in [0, 0.05) is 29.7 Å². The number of benzene rings is 3. The molecule has 2 amide bonds. The van der Waals surface area contributed by atoms with Gasteiger partial charge in [-0.25, -0.2) is 9.82 Å². The first kappa shape index (κ1) is 29.1. The van der Waals surface area contributed by atoms with Gasteiger partial charge in [0.2, 0.25) is 0 Å². The zero-order valence-electron chi connectivity index (χ0n) is 21.1. The lowest BCUT2D eigenvalue weighted by Gasteiger charge is -2.25. The Bertz CT molecular complexity index is 1270. The predicted molar refractivity (Wildman–Crippen MR) is 149 cm³/mol. The molecular weight excluding hydrogens is 555 g/mol. The van der Waals surface area contributed by atoms with Crippen LogP contribution < -0.4 is 10.7 Å². The van der Waals surface area contributed by atoms with E-state index >= 15 is 0 Å². The molecule has 0 heterocycles. The van der Waals surface area contributed by atoms with E-state index in [4.69, 9.17) is 0 Å². The second-order valence-corrected chi connectivity index (χ2v) is 9.90. The van der Waals surface area contributed by atoms with Crippen molar-refractivity contribution in [1.82, 2.24) is 10.3 Å². The van der Waals surface area contributed by atoms with Gasteiger partial charge in [0.15, 0.2) is 0 Å². The molecule has 2 atom stereocenters. The number of hydrogen-bond donors (Lipinski definition) is 4. The molecule has 38 heavy (non-hydrogen) atoms. The Hall–Kier alpha value is -3.44. The lowest BCUT2D eigenvalue weighted by Crippen LogP contribution is -2.35. The standard InChI is InChI=1S/C28H30BrFN4O4/c1-18(35)15-34(16-19(2)36)17-20-6-8-22(9-7-20)27(37)32-26-11-10-23(29)13-25(26)28(38)33-31-14-21-4-3-5-24(30)12-21/h3-14,18-19,35-36H,15-17H2,1-2H3,(H,32,37)(H,33,38)/b31-14+. The van der Waals surface area contributed by atoms with Crippen LogP contribution in [0.5, 0.6) is 0 Å². The molecule has 2 unspecified atom stereocenters. The second kappa shape index (κ2) is 13.9. The number of amides is 2. The Morgan fingerprint density at radius 1 is 1.00 bits per heavy atom. The normalized spacial score (nSPS) is 12.9. The highest BCUT2D eigenvalue weighted by atomic mass is 79.9. The van der Waals surface area contributed by atoms with E-state index in [1.807, 2.05) is 17.0 Å². The van der Waals surface area contributed by atoms with Crippen LogP contribution in [0.2, 0.25) is 0 Å². The van der Waals surface area contributed by atoms with Crippen molar-refractivity contribution in [3.63, 3.8) is 0 Å². The molecule has 0 saturated carbocycles. The van der Waals surface area contributed by atoms with Crippen LogP contribution in [-0.4, -0.2) is 58.4 Å². The average Bonchev–Trinajstić information content (AvgIpc) is 2.84. The summed E-state index contributed by atoms with van der Waals surface area (Å²) >= 11 is 3.34. The van der Waals surface area contributed by atoms with Gasteiger partial charge in [-0.05, 0) is 67.4 Å². The topological polar surface area (TPSA) is 114 Å². The Labute approximate surface area is 229 Å². The van der Waals surface area contributed by atoms with Crippen molar-refractivity contribution in [1.29, 1.82) is 0 Å². The van der Waals surface area contributed by atoms with Crippen molar-refractivity contribution >= 4 is 39.6 Å². The van der Waals surface area contributed by atoms with E-state index in [0.29, 0.717) is 40.9 Å². The molecular formula is C28H30BrFN4O4. The van der Waals surface area contributed by atoms with E-state index in [1.165, 1.54) is 24.4 Å². The number of aliphatic hydroxyl groups is 2. The Kier molecular flexibility index (Phi) is 10.7. The fraction of sp³-hybridized carbons (Fsp3) is 0.250. The summed E-state index contributed by atoms with van der Waals surface area (Å²) in [5.41, 5.74) is 4.67. The zero-order chi connectivity index (χ0) is 27.7. The maximum Gasteiger partial charge on any atom is 0.273 e. The SMILES string of the molecule is CC(O)CN(Cc1ccc(C(=O)Nc2ccc(Br)cc2C(=O)N/N=C/c2cccc(F)c2)cc1)CC(C)O. The van der Waals surface area contributed by atoms with Gasteiger partial charge in [0.05, 0.1) is 29.7 Å². The van der Waals surface area contributed by atoms with Gasteiger partial charge < -0.3 is 15.5 Å². The molecule has 0 aromatic heterocycles. The monoisotopic (exact) mass is 584 g/mol. The number of hydrogen-bond acceptors (Lipinski definition) is 6. The number of aliphatic hydroxyl groups excluding tert-OH is 2. The largest absolute Gasteiger partial charge is 0.392 e. The molecule has 0 fully saturated rings. The average molecular weight is 585 g/mol. The molecule has 10 heteroatoms. The smallest absolute Gasteiger partial charge is 0.273 e. The summed E-state index contributed by atoms with van der Waals surface area (Å²) < 4.78 is 14.0. The molecule has 3 aromatic rings. The third-order valence-electron chi connectivity index (χ3n) is 5.37. The zero-order valence-corrected chi connectivity index (χ0v) is 22.7. The maximum absolute atomic E-state index is 13.3. The number of rotatable bonds is 11. The van der Waals surface area contributed by atoms with Crippen LogP contribution in [0.1, 0.15) is 45.7 Å². The lowest BCUT2D eigenvalue weighted by atomic mass is 10.1. The highest BCUT2D eigenvalue weighted by Gasteiger charge is 2.16. The van der Waals surface area contributed by atoms with Gasteiger partial charge in [-0.15, -0.1) is 0 Å². The number of anilines is 1. The van der Waals surface area contributed by atoms with Crippen molar-refractivity contribution in [3.05, 3.63) is 99.3 Å². The third-order valence-corrected chi connectivity index (χ3v) is 5.86. The van der Waals surface area contributed by atoms with Crippen molar-refractivity contribution in [2.24, 2.45) is 5.10 Å². The lowest BCUT2D eigenvalue weighted by molar-refractivity contribution is 0.0794. The van der Waals surface area contributed by atoms with E-state index in [1.54, 1.807) is 50.2 Å². The number of nitrogens with one attached hydrogen (secondary N) is 2. The molecule has 0 saturated heterocycles. The van der Waals surface area contributed by atoms with Crippen LogP contribution in [0.15, 0.2) is 76.3 Å². The number of carbonyl (C=O) groups is 2. The summed E-state index contributed by atoms with van der Waals surface area (Å²) in [7, 11) is 0. The van der Waals surface area contributed by atoms with E-state index < -0.39 is 29.8 Å².